The number of halogens is 1. The quantitative estimate of drug-likeness (QED) is 0.903. The highest BCUT2D eigenvalue weighted by Gasteiger charge is 2.42. The second-order valence-electron chi connectivity index (χ2n) is 7.25. The van der Waals surface area contributed by atoms with E-state index in [-0.39, 0.29) is 5.56 Å². The first kappa shape index (κ1) is 14.0. The molecular formula is C18H22FNO2. The van der Waals surface area contributed by atoms with Crippen LogP contribution in [0.1, 0.15) is 60.4 Å². The average molecular weight is 303 g/mol. The fourth-order valence-corrected chi connectivity index (χ4v) is 3.91. The summed E-state index contributed by atoms with van der Waals surface area (Å²) < 4.78 is 20.0. The van der Waals surface area contributed by atoms with Crippen molar-refractivity contribution in [3.8, 4) is 5.75 Å². The molecule has 0 heterocycles. The van der Waals surface area contributed by atoms with Gasteiger partial charge in [-0.1, -0.05) is 0 Å². The van der Waals surface area contributed by atoms with Gasteiger partial charge in [0, 0.05) is 6.07 Å². The zero-order chi connectivity index (χ0) is 15.3. The van der Waals surface area contributed by atoms with Crippen LogP contribution >= 0.6 is 0 Å². The standard InChI is InChI=1S/C18H22FNO2/c19-16-8-17(14(11-3-4-11)7-15(16)18(20)21)22-9-10-1-2-12-6-13(12)5-10/h7-8,10-13H,1-6,9H2,(H2,20,21). The molecule has 22 heavy (non-hydrogen) atoms. The lowest BCUT2D eigenvalue weighted by atomic mass is 9.90. The number of carbonyl (C=O) groups is 1. The Labute approximate surface area is 130 Å². The van der Waals surface area contributed by atoms with Crippen molar-refractivity contribution in [1.82, 2.24) is 0 Å². The molecular weight excluding hydrogens is 281 g/mol. The fraction of sp³-hybridized carbons (Fsp3) is 0.611. The summed E-state index contributed by atoms with van der Waals surface area (Å²) in [6, 6.07) is 2.96. The van der Waals surface area contributed by atoms with E-state index >= 15 is 0 Å². The highest BCUT2D eigenvalue weighted by molar-refractivity contribution is 5.93. The molecule has 0 radical (unpaired) electrons. The molecule has 4 rings (SSSR count). The van der Waals surface area contributed by atoms with Crippen molar-refractivity contribution in [2.75, 3.05) is 6.61 Å². The zero-order valence-corrected chi connectivity index (χ0v) is 12.7. The number of rotatable bonds is 5. The lowest BCUT2D eigenvalue weighted by Gasteiger charge is -2.22. The highest BCUT2D eigenvalue weighted by atomic mass is 19.1. The van der Waals surface area contributed by atoms with Gasteiger partial charge in [0.05, 0.1) is 12.2 Å². The van der Waals surface area contributed by atoms with Crippen molar-refractivity contribution in [3.63, 3.8) is 0 Å². The summed E-state index contributed by atoms with van der Waals surface area (Å²) in [5.74, 6) is 2.21. The SMILES string of the molecule is NC(=O)c1cc(C2CC2)c(OCC2CCC3CC3C2)cc1F. The van der Waals surface area contributed by atoms with Gasteiger partial charge >= 0.3 is 0 Å². The maximum Gasteiger partial charge on any atom is 0.251 e. The molecule has 3 fully saturated rings. The molecule has 0 spiro atoms. The van der Waals surface area contributed by atoms with E-state index in [1.165, 1.54) is 31.7 Å². The molecule has 2 N–H and O–H groups in total. The summed E-state index contributed by atoms with van der Waals surface area (Å²) in [4.78, 5) is 11.3. The summed E-state index contributed by atoms with van der Waals surface area (Å²) >= 11 is 0. The Balaban J connectivity index is 1.50. The molecule has 118 valence electrons. The van der Waals surface area contributed by atoms with Gasteiger partial charge in [-0.15, -0.1) is 0 Å². The van der Waals surface area contributed by atoms with Gasteiger partial charge in [-0.25, -0.2) is 4.39 Å². The Morgan fingerprint density at radius 1 is 1.18 bits per heavy atom. The van der Waals surface area contributed by atoms with E-state index in [2.05, 4.69) is 0 Å². The second-order valence-corrected chi connectivity index (χ2v) is 7.25. The van der Waals surface area contributed by atoms with Gasteiger partial charge in [0.2, 0.25) is 0 Å². The molecule has 1 aromatic rings. The lowest BCUT2D eigenvalue weighted by molar-refractivity contribution is 0.0996. The summed E-state index contributed by atoms with van der Waals surface area (Å²) in [5.41, 5.74) is 6.18. The number of hydrogen-bond donors (Lipinski definition) is 1. The van der Waals surface area contributed by atoms with Crippen molar-refractivity contribution >= 4 is 5.91 Å². The highest BCUT2D eigenvalue weighted by Crippen LogP contribution is 2.51. The van der Waals surface area contributed by atoms with Crippen LogP contribution in [0.15, 0.2) is 12.1 Å². The van der Waals surface area contributed by atoms with Gasteiger partial charge < -0.3 is 10.5 Å². The molecule has 0 aromatic heterocycles. The topological polar surface area (TPSA) is 52.3 Å². The first-order valence-electron chi connectivity index (χ1n) is 8.38. The van der Waals surface area contributed by atoms with Gasteiger partial charge in [0.15, 0.2) is 0 Å². The van der Waals surface area contributed by atoms with E-state index in [0.29, 0.717) is 24.2 Å². The Kier molecular flexibility index (Phi) is 3.35. The number of nitrogens with two attached hydrogens (primary N) is 1. The first-order valence-corrected chi connectivity index (χ1v) is 8.38. The normalized spacial score (nSPS) is 29.8. The third-order valence-electron chi connectivity index (χ3n) is 5.51. The summed E-state index contributed by atoms with van der Waals surface area (Å²) in [6.07, 6.45) is 7.35. The van der Waals surface area contributed by atoms with Crippen LogP contribution in [0, 0.1) is 23.6 Å². The van der Waals surface area contributed by atoms with E-state index in [0.717, 1.165) is 30.2 Å². The molecule has 4 heteroatoms. The van der Waals surface area contributed by atoms with Gasteiger partial charge in [0.25, 0.3) is 5.91 Å². The first-order chi connectivity index (χ1) is 10.6. The molecule has 3 aliphatic rings. The number of fused-ring (bicyclic) bond motifs is 1. The van der Waals surface area contributed by atoms with Crippen LogP contribution in [0.5, 0.6) is 5.75 Å². The molecule has 1 aromatic carbocycles. The van der Waals surface area contributed by atoms with Crippen molar-refractivity contribution in [2.24, 2.45) is 23.5 Å². The predicted octanol–water partition coefficient (Wildman–Crippen LogP) is 3.62. The number of hydrogen-bond acceptors (Lipinski definition) is 2. The maximum absolute atomic E-state index is 14.0. The maximum atomic E-state index is 14.0. The van der Waals surface area contributed by atoms with Gasteiger partial charge in [-0.3, -0.25) is 4.79 Å². The van der Waals surface area contributed by atoms with E-state index in [4.69, 9.17) is 10.5 Å². The molecule has 0 bridgehead atoms. The summed E-state index contributed by atoms with van der Waals surface area (Å²) in [5, 5.41) is 0. The smallest absolute Gasteiger partial charge is 0.251 e. The Morgan fingerprint density at radius 2 is 2.00 bits per heavy atom. The van der Waals surface area contributed by atoms with Gasteiger partial charge in [0.1, 0.15) is 11.6 Å². The molecule has 3 atom stereocenters. The number of ether oxygens (including phenoxy) is 1. The third kappa shape index (κ3) is 2.71. The van der Waals surface area contributed by atoms with E-state index in [1.807, 2.05) is 0 Å². The predicted molar refractivity (Wildman–Crippen MR) is 81.3 cm³/mol. The average Bonchev–Trinajstić information content (AvgIpc) is 3.36. The van der Waals surface area contributed by atoms with Crippen molar-refractivity contribution in [1.29, 1.82) is 0 Å². The Morgan fingerprint density at radius 3 is 2.68 bits per heavy atom. The van der Waals surface area contributed by atoms with E-state index in [9.17, 15) is 9.18 Å². The summed E-state index contributed by atoms with van der Waals surface area (Å²) in [7, 11) is 0. The zero-order valence-electron chi connectivity index (χ0n) is 12.7. The van der Waals surface area contributed by atoms with Crippen LogP contribution in [-0.2, 0) is 0 Å². The van der Waals surface area contributed by atoms with Crippen LogP contribution in [-0.4, -0.2) is 12.5 Å². The molecule has 1 amide bonds. The van der Waals surface area contributed by atoms with Crippen LogP contribution in [0.4, 0.5) is 4.39 Å². The van der Waals surface area contributed by atoms with Crippen LogP contribution in [0.3, 0.4) is 0 Å². The van der Waals surface area contributed by atoms with Crippen LogP contribution in [0.25, 0.3) is 0 Å². The second kappa shape index (κ2) is 5.25. The number of carbonyl (C=O) groups excluding carboxylic acids is 1. The van der Waals surface area contributed by atoms with E-state index in [1.54, 1.807) is 6.07 Å². The molecule has 3 nitrogen and oxygen atoms in total. The van der Waals surface area contributed by atoms with Crippen molar-refractivity contribution in [2.45, 2.75) is 44.4 Å². The monoisotopic (exact) mass is 303 g/mol. The largest absolute Gasteiger partial charge is 0.493 e. The van der Waals surface area contributed by atoms with Crippen LogP contribution in [0.2, 0.25) is 0 Å². The Bertz CT molecular complexity index is 611. The van der Waals surface area contributed by atoms with Gasteiger partial charge in [-0.05, 0) is 73.8 Å². The van der Waals surface area contributed by atoms with Gasteiger partial charge in [-0.2, -0.15) is 0 Å². The number of amides is 1. The molecule has 3 aliphatic carbocycles. The molecule has 0 saturated heterocycles. The summed E-state index contributed by atoms with van der Waals surface area (Å²) in [6.45, 7) is 0.665. The van der Waals surface area contributed by atoms with E-state index < -0.39 is 11.7 Å². The minimum absolute atomic E-state index is 0.0206. The Hall–Kier alpha value is -1.58. The fourth-order valence-electron chi connectivity index (χ4n) is 3.91. The number of primary amides is 1. The van der Waals surface area contributed by atoms with Crippen molar-refractivity contribution in [3.05, 3.63) is 29.1 Å². The molecule has 0 aliphatic heterocycles. The molecule has 3 unspecified atom stereocenters. The van der Waals surface area contributed by atoms with Crippen LogP contribution < -0.4 is 10.5 Å². The molecule has 3 saturated carbocycles. The minimum Gasteiger partial charge on any atom is -0.493 e. The third-order valence-corrected chi connectivity index (χ3v) is 5.51. The van der Waals surface area contributed by atoms with Crippen molar-refractivity contribution < 1.29 is 13.9 Å². The number of benzene rings is 1. The lowest BCUT2D eigenvalue weighted by Crippen LogP contribution is -2.18. The minimum atomic E-state index is -0.710.